The number of carbonyl (C=O) groups is 2. The van der Waals surface area contributed by atoms with Crippen molar-refractivity contribution in [3.05, 3.63) is 45.4 Å². The van der Waals surface area contributed by atoms with E-state index in [2.05, 4.69) is 0 Å². The number of halogens is 2. The van der Waals surface area contributed by atoms with Crippen molar-refractivity contribution in [2.75, 3.05) is 0 Å². The molecule has 2 aliphatic rings. The Morgan fingerprint density at radius 1 is 0.800 bits per heavy atom. The summed E-state index contributed by atoms with van der Waals surface area (Å²) in [7, 11) is 0. The fourth-order valence-corrected chi connectivity index (χ4v) is 3.73. The van der Waals surface area contributed by atoms with E-state index in [1.165, 1.54) is 24.3 Å². The Balaban J connectivity index is 2.06. The maximum Gasteiger partial charge on any atom is 0.312 e. The zero-order valence-corrected chi connectivity index (χ0v) is 14.0. The van der Waals surface area contributed by atoms with Crippen molar-refractivity contribution in [3.8, 4) is 23.0 Å². The van der Waals surface area contributed by atoms with Crippen molar-refractivity contribution in [2.24, 2.45) is 0 Å². The number of carbonyl (C=O) groups excluding carboxylic acids is 2. The summed E-state index contributed by atoms with van der Waals surface area (Å²) in [5.74, 6) is -1.40. The average Bonchev–Trinajstić information content (AvgIpc) is 2.51. The lowest BCUT2D eigenvalue weighted by Gasteiger charge is -2.41. The summed E-state index contributed by atoms with van der Waals surface area (Å²) in [6.07, 6.45) is -0.269. The number of ether oxygens (including phenoxy) is 2. The molecule has 4 rings (SSSR count). The first-order valence-corrected chi connectivity index (χ1v) is 8.03. The lowest BCUT2D eigenvalue weighted by Crippen LogP contribution is -2.42. The number of rotatable bonds is 0. The summed E-state index contributed by atoms with van der Waals surface area (Å²) in [6, 6.07) is 5.39. The Labute approximate surface area is 151 Å². The van der Waals surface area contributed by atoms with Gasteiger partial charge in [-0.3, -0.25) is 9.59 Å². The molecule has 0 amide bonds. The van der Waals surface area contributed by atoms with Crippen LogP contribution in [-0.4, -0.2) is 22.2 Å². The van der Waals surface area contributed by atoms with Crippen LogP contribution in [0.5, 0.6) is 23.0 Å². The summed E-state index contributed by atoms with van der Waals surface area (Å²) in [5.41, 5.74) is -0.173. The van der Waals surface area contributed by atoms with E-state index in [0.717, 1.165) is 0 Å². The largest absolute Gasteiger partial charge is 0.506 e. The Bertz CT molecular complexity index is 875. The van der Waals surface area contributed by atoms with E-state index >= 15 is 0 Å². The zero-order chi connectivity index (χ0) is 17.9. The highest BCUT2D eigenvalue weighted by atomic mass is 35.5. The lowest BCUT2D eigenvalue weighted by molar-refractivity contribution is -0.140. The number of esters is 2. The van der Waals surface area contributed by atoms with Gasteiger partial charge in [-0.2, -0.15) is 0 Å². The topological polar surface area (TPSA) is 93.1 Å². The summed E-state index contributed by atoms with van der Waals surface area (Å²) in [4.78, 5) is 24.4. The minimum Gasteiger partial charge on any atom is -0.506 e. The molecule has 128 valence electrons. The first-order chi connectivity index (χ1) is 11.8. The third kappa shape index (κ3) is 2.33. The summed E-state index contributed by atoms with van der Waals surface area (Å²) in [6.45, 7) is 0. The van der Waals surface area contributed by atoms with Gasteiger partial charge in [0, 0.05) is 28.7 Å². The minimum absolute atomic E-state index is 0.0569. The van der Waals surface area contributed by atoms with Gasteiger partial charge in [-0.1, -0.05) is 23.2 Å². The highest BCUT2D eigenvalue weighted by Crippen LogP contribution is 2.54. The van der Waals surface area contributed by atoms with Crippen LogP contribution in [0, 0.1) is 0 Å². The molecule has 0 aromatic heterocycles. The van der Waals surface area contributed by atoms with Gasteiger partial charge in [-0.15, -0.1) is 0 Å². The van der Waals surface area contributed by atoms with Crippen LogP contribution in [0.25, 0.3) is 0 Å². The van der Waals surface area contributed by atoms with E-state index in [1.54, 1.807) is 0 Å². The maximum atomic E-state index is 12.2. The van der Waals surface area contributed by atoms with E-state index in [0.29, 0.717) is 11.1 Å². The van der Waals surface area contributed by atoms with Gasteiger partial charge >= 0.3 is 11.9 Å². The highest BCUT2D eigenvalue weighted by Gasteiger charge is 2.50. The first kappa shape index (κ1) is 16.1. The van der Waals surface area contributed by atoms with Crippen molar-refractivity contribution >= 4 is 35.1 Å². The number of hydrogen-bond acceptors (Lipinski definition) is 6. The van der Waals surface area contributed by atoms with E-state index < -0.39 is 17.4 Å². The highest BCUT2D eigenvalue weighted by molar-refractivity contribution is 6.32. The van der Waals surface area contributed by atoms with Crippen LogP contribution in [0.1, 0.15) is 24.0 Å². The molecule has 0 saturated heterocycles. The Morgan fingerprint density at radius 2 is 1.20 bits per heavy atom. The smallest absolute Gasteiger partial charge is 0.312 e. The van der Waals surface area contributed by atoms with Crippen molar-refractivity contribution in [3.63, 3.8) is 0 Å². The molecular formula is C17H10Cl2O6. The SMILES string of the molecule is O=C1CC2(CC(=O)Oc3cc(O)c(Cl)cc32)c2cc(Cl)c(O)cc2O1. The summed E-state index contributed by atoms with van der Waals surface area (Å²) < 4.78 is 10.4. The van der Waals surface area contributed by atoms with Crippen LogP contribution >= 0.6 is 23.2 Å². The number of hydrogen-bond donors (Lipinski definition) is 2. The van der Waals surface area contributed by atoms with E-state index in [-0.39, 0.29) is 45.9 Å². The molecule has 1 spiro atoms. The molecule has 2 aromatic rings. The quantitative estimate of drug-likeness (QED) is 0.537. The van der Waals surface area contributed by atoms with Gasteiger partial charge < -0.3 is 19.7 Å². The number of benzene rings is 2. The molecule has 0 aliphatic carbocycles. The molecule has 8 heteroatoms. The molecule has 25 heavy (non-hydrogen) atoms. The number of aromatic hydroxyl groups is 2. The Hall–Kier alpha value is -2.44. The molecule has 2 N–H and O–H groups in total. The van der Waals surface area contributed by atoms with Crippen LogP contribution in [0.4, 0.5) is 0 Å². The standard InChI is InChI=1S/C17H10Cl2O6/c18-9-1-7-13(3-11(9)20)24-15(22)5-17(7)6-16(23)25-14-4-12(21)10(19)2-8(14)17/h1-4,20-21H,5-6H2. The molecule has 2 aliphatic heterocycles. The van der Waals surface area contributed by atoms with Gasteiger partial charge in [-0.25, -0.2) is 0 Å². The molecule has 0 unspecified atom stereocenters. The minimum atomic E-state index is -1.11. The van der Waals surface area contributed by atoms with E-state index in [9.17, 15) is 19.8 Å². The molecule has 0 saturated carbocycles. The second kappa shape index (κ2) is 5.28. The molecule has 0 radical (unpaired) electrons. The van der Waals surface area contributed by atoms with Gasteiger partial charge in [0.15, 0.2) is 0 Å². The monoisotopic (exact) mass is 380 g/mol. The lowest BCUT2D eigenvalue weighted by atomic mass is 9.67. The fourth-order valence-electron chi connectivity index (χ4n) is 3.40. The van der Waals surface area contributed by atoms with Crippen molar-refractivity contribution in [2.45, 2.75) is 18.3 Å². The number of fused-ring (bicyclic) bond motifs is 4. The van der Waals surface area contributed by atoms with Crippen LogP contribution in [0.15, 0.2) is 24.3 Å². The molecular weight excluding hydrogens is 371 g/mol. The van der Waals surface area contributed by atoms with Crippen molar-refractivity contribution in [1.29, 1.82) is 0 Å². The van der Waals surface area contributed by atoms with Gasteiger partial charge in [0.25, 0.3) is 0 Å². The number of phenolic OH excluding ortho intramolecular Hbond substituents is 2. The average molecular weight is 381 g/mol. The molecule has 0 bridgehead atoms. The third-order valence-electron chi connectivity index (χ3n) is 4.47. The summed E-state index contributed by atoms with van der Waals surface area (Å²) >= 11 is 12.1. The Kier molecular flexibility index (Phi) is 3.39. The van der Waals surface area contributed by atoms with Crippen molar-refractivity contribution < 1.29 is 29.3 Å². The summed E-state index contributed by atoms with van der Waals surface area (Å²) in [5, 5.41) is 19.7. The number of phenols is 2. The first-order valence-electron chi connectivity index (χ1n) is 7.27. The van der Waals surface area contributed by atoms with E-state index in [4.69, 9.17) is 32.7 Å². The second-order valence-electron chi connectivity index (χ2n) is 5.98. The molecule has 2 aromatic carbocycles. The van der Waals surface area contributed by atoms with E-state index in [1.807, 2.05) is 0 Å². The third-order valence-corrected chi connectivity index (χ3v) is 5.07. The fraction of sp³-hybridized carbons (Fsp3) is 0.176. The normalized spacial score (nSPS) is 17.5. The van der Waals surface area contributed by atoms with Gasteiger partial charge in [0.1, 0.15) is 23.0 Å². The molecule has 0 atom stereocenters. The van der Waals surface area contributed by atoms with Crippen LogP contribution in [0.3, 0.4) is 0 Å². The van der Waals surface area contributed by atoms with Crippen LogP contribution in [0.2, 0.25) is 10.0 Å². The van der Waals surface area contributed by atoms with Gasteiger partial charge in [0.2, 0.25) is 0 Å². The predicted molar refractivity (Wildman–Crippen MR) is 87.5 cm³/mol. The molecule has 2 heterocycles. The Morgan fingerprint density at radius 3 is 1.60 bits per heavy atom. The predicted octanol–water partition coefficient (Wildman–Crippen LogP) is 3.31. The van der Waals surface area contributed by atoms with Crippen LogP contribution < -0.4 is 9.47 Å². The zero-order valence-electron chi connectivity index (χ0n) is 12.5. The van der Waals surface area contributed by atoms with Crippen LogP contribution in [-0.2, 0) is 15.0 Å². The van der Waals surface area contributed by atoms with Gasteiger partial charge in [-0.05, 0) is 12.1 Å². The molecule has 0 fully saturated rings. The maximum absolute atomic E-state index is 12.2. The van der Waals surface area contributed by atoms with Gasteiger partial charge in [0.05, 0.1) is 22.9 Å². The molecule has 6 nitrogen and oxygen atoms in total. The van der Waals surface area contributed by atoms with Crippen molar-refractivity contribution in [1.82, 2.24) is 0 Å². The second-order valence-corrected chi connectivity index (χ2v) is 6.80.